The molecule has 0 spiro atoms. The summed E-state index contributed by atoms with van der Waals surface area (Å²) >= 11 is 0. The summed E-state index contributed by atoms with van der Waals surface area (Å²) in [6.45, 7) is 13.6. The topological polar surface area (TPSA) is 74.6 Å². The van der Waals surface area contributed by atoms with Gasteiger partial charge in [-0.3, -0.25) is 4.90 Å². The minimum Gasteiger partial charge on any atom is -0.399 e. The number of fused-ring (bicyclic) bond motifs is 1. The Morgan fingerprint density at radius 3 is 2.28 bits per heavy atom. The molecule has 0 aromatic heterocycles. The van der Waals surface area contributed by atoms with E-state index in [0.717, 1.165) is 12.1 Å². The molecule has 0 radical (unpaired) electrons. The van der Waals surface area contributed by atoms with Crippen molar-refractivity contribution in [1.29, 1.82) is 5.26 Å². The van der Waals surface area contributed by atoms with E-state index in [2.05, 4.69) is 11.4 Å². The van der Waals surface area contributed by atoms with Crippen molar-refractivity contribution >= 4 is 30.0 Å². The largest absolute Gasteiger partial charge is 0.496 e. The van der Waals surface area contributed by atoms with Crippen LogP contribution in [0, 0.1) is 18.3 Å². The van der Waals surface area contributed by atoms with Gasteiger partial charge in [-0.05, 0) is 70.4 Å². The summed E-state index contributed by atoms with van der Waals surface area (Å²) in [5.41, 5.74) is 0.823. The Bertz CT molecular complexity index is 1190. The number of anilines is 2. The van der Waals surface area contributed by atoms with E-state index >= 15 is 0 Å². The predicted octanol–water partition coefficient (Wildman–Crippen LogP) is 5.81. The average Bonchev–Trinajstić information content (AvgIpc) is 3.32. The second kappa shape index (κ2) is 9.79. The Kier molecular flexibility index (Phi) is 7.50. The quantitative estimate of drug-likeness (QED) is 0.528. The molecule has 0 unspecified atom stereocenters. The Balaban J connectivity index is 0.00000176. The van der Waals surface area contributed by atoms with Crippen LogP contribution in [0.3, 0.4) is 0 Å². The molecule has 0 aliphatic carbocycles. The van der Waals surface area contributed by atoms with Crippen molar-refractivity contribution in [3.63, 3.8) is 0 Å². The van der Waals surface area contributed by atoms with Gasteiger partial charge in [-0.15, -0.1) is 0 Å². The Morgan fingerprint density at radius 1 is 1.11 bits per heavy atom. The second-order valence-electron chi connectivity index (χ2n) is 9.59. The number of hydrogen-bond acceptors (Lipinski definition) is 4. The van der Waals surface area contributed by atoms with Crippen LogP contribution < -0.4 is 15.7 Å². The zero-order chi connectivity index (χ0) is 27.1. The van der Waals surface area contributed by atoms with Crippen LogP contribution in [-0.4, -0.2) is 30.9 Å². The van der Waals surface area contributed by atoms with Crippen LogP contribution in [0.4, 0.5) is 29.3 Å². The fourth-order valence-electron chi connectivity index (χ4n) is 4.13. The number of nitriles is 1. The summed E-state index contributed by atoms with van der Waals surface area (Å²) in [6.07, 6.45) is -4.08. The van der Waals surface area contributed by atoms with E-state index < -0.39 is 36.1 Å². The van der Waals surface area contributed by atoms with Crippen LogP contribution in [0.5, 0.6) is 0 Å². The maximum atomic E-state index is 13.1. The third-order valence-electron chi connectivity index (χ3n) is 6.87. The fourth-order valence-corrected chi connectivity index (χ4v) is 4.13. The molecular weight excluding hydrogens is 470 g/mol. The summed E-state index contributed by atoms with van der Waals surface area (Å²) in [6, 6.07) is 8.32. The molecule has 10 heteroatoms. The molecule has 2 aliphatic heterocycles. The van der Waals surface area contributed by atoms with Gasteiger partial charge in [0.25, 0.3) is 0 Å². The Labute approximate surface area is 210 Å². The molecule has 0 bridgehead atoms. The molecule has 2 heterocycles. The van der Waals surface area contributed by atoms with Gasteiger partial charge in [0.2, 0.25) is 0 Å². The maximum absolute atomic E-state index is 13.1. The molecule has 1 saturated heterocycles. The first kappa shape index (κ1) is 27.6. The first-order valence-corrected chi connectivity index (χ1v) is 11.9. The molecule has 2 amide bonds. The number of carbonyl (C=O) groups excluding carboxylic acids is 1. The van der Waals surface area contributed by atoms with Gasteiger partial charge in [-0.25, -0.2) is 4.79 Å². The van der Waals surface area contributed by atoms with Gasteiger partial charge in [-0.2, -0.15) is 18.4 Å². The molecule has 1 N–H and O–H groups in total. The van der Waals surface area contributed by atoms with Gasteiger partial charge in [0.1, 0.15) is 0 Å². The van der Waals surface area contributed by atoms with Crippen molar-refractivity contribution in [1.82, 2.24) is 0 Å². The number of benzene rings is 2. The number of aryl methyl sites for hydroxylation is 1. The van der Waals surface area contributed by atoms with E-state index in [-0.39, 0.29) is 5.69 Å². The standard InChI is InChI=1S/C24H25BF3N3O3.C2H6/c1-14-6-7-15(24(26,27)28)12-19(14)30-21(32)31-11-10-16-17(13-29)18(8-9-20(16)31)25-33-22(2,3)23(4,5)34-25;1-2/h6-9,12H,10-11H2,1-5H3,(H,30,32);1-2H3. The minimum atomic E-state index is -4.51. The van der Waals surface area contributed by atoms with Crippen LogP contribution in [0.25, 0.3) is 0 Å². The van der Waals surface area contributed by atoms with Gasteiger partial charge >= 0.3 is 19.3 Å². The van der Waals surface area contributed by atoms with Crippen molar-refractivity contribution in [3.05, 3.63) is 52.6 Å². The average molecular weight is 501 g/mol. The molecule has 2 aromatic rings. The molecule has 4 rings (SSSR count). The van der Waals surface area contributed by atoms with Gasteiger partial charge in [0.15, 0.2) is 0 Å². The number of nitrogens with zero attached hydrogens (tertiary/aromatic N) is 2. The zero-order valence-corrected chi connectivity index (χ0v) is 21.6. The number of alkyl halides is 3. The van der Waals surface area contributed by atoms with Crippen molar-refractivity contribution in [2.24, 2.45) is 0 Å². The monoisotopic (exact) mass is 501 g/mol. The van der Waals surface area contributed by atoms with E-state index in [0.29, 0.717) is 40.8 Å². The smallest absolute Gasteiger partial charge is 0.399 e. The number of rotatable bonds is 2. The highest BCUT2D eigenvalue weighted by molar-refractivity contribution is 6.63. The van der Waals surface area contributed by atoms with Crippen molar-refractivity contribution in [3.8, 4) is 6.07 Å². The predicted molar refractivity (Wildman–Crippen MR) is 134 cm³/mol. The van der Waals surface area contributed by atoms with Crippen LogP contribution in [0.2, 0.25) is 0 Å². The number of halogens is 3. The van der Waals surface area contributed by atoms with E-state index in [4.69, 9.17) is 9.31 Å². The summed E-state index contributed by atoms with van der Waals surface area (Å²) < 4.78 is 51.5. The van der Waals surface area contributed by atoms with Gasteiger partial charge in [-0.1, -0.05) is 26.0 Å². The third kappa shape index (κ3) is 4.95. The van der Waals surface area contributed by atoms with Crippen LogP contribution in [0.15, 0.2) is 30.3 Å². The first-order chi connectivity index (χ1) is 16.7. The molecule has 192 valence electrons. The fraction of sp³-hybridized carbons (Fsp3) is 0.462. The molecule has 2 aliphatic rings. The van der Waals surface area contributed by atoms with Gasteiger partial charge in [0.05, 0.1) is 28.4 Å². The molecule has 0 atom stereocenters. The number of carbonyl (C=O) groups is 1. The van der Waals surface area contributed by atoms with Crippen LogP contribution in [0.1, 0.15) is 63.8 Å². The number of urea groups is 1. The highest BCUT2D eigenvalue weighted by atomic mass is 19.4. The molecule has 1 fully saturated rings. The van der Waals surface area contributed by atoms with Crippen molar-refractivity contribution in [2.45, 2.75) is 72.3 Å². The molecule has 36 heavy (non-hydrogen) atoms. The maximum Gasteiger partial charge on any atom is 0.496 e. The molecule has 6 nitrogen and oxygen atoms in total. The van der Waals surface area contributed by atoms with Gasteiger partial charge < -0.3 is 14.6 Å². The SMILES string of the molecule is CC.Cc1ccc(C(F)(F)F)cc1NC(=O)N1CCc2c1ccc(B1OC(C)(C)C(C)(C)O1)c2C#N. The molecule has 2 aromatic carbocycles. The molecule has 0 saturated carbocycles. The second-order valence-corrected chi connectivity index (χ2v) is 9.59. The Hall–Kier alpha value is -3.03. The lowest BCUT2D eigenvalue weighted by atomic mass is 9.74. The first-order valence-electron chi connectivity index (χ1n) is 11.9. The van der Waals surface area contributed by atoms with Crippen LogP contribution >= 0.6 is 0 Å². The summed E-state index contributed by atoms with van der Waals surface area (Å²) in [5.74, 6) is 0. The number of amides is 2. The molecular formula is C26H31BF3N3O3. The van der Waals surface area contributed by atoms with E-state index in [1.54, 1.807) is 19.1 Å². The van der Waals surface area contributed by atoms with Crippen molar-refractivity contribution in [2.75, 3.05) is 16.8 Å². The normalized spacial score (nSPS) is 17.7. The summed E-state index contributed by atoms with van der Waals surface area (Å²) in [5, 5.41) is 12.5. The van der Waals surface area contributed by atoms with Gasteiger partial charge in [0, 0.05) is 23.4 Å². The highest BCUT2D eigenvalue weighted by Gasteiger charge is 2.52. The lowest BCUT2D eigenvalue weighted by molar-refractivity contribution is -0.137. The van der Waals surface area contributed by atoms with Crippen LogP contribution in [-0.2, 0) is 21.9 Å². The Morgan fingerprint density at radius 2 is 1.72 bits per heavy atom. The lowest BCUT2D eigenvalue weighted by Gasteiger charge is -2.32. The van der Waals surface area contributed by atoms with E-state index in [1.807, 2.05) is 41.5 Å². The third-order valence-corrected chi connectivity index (χ3v) is 6.87. The minimum absolute atomic E-state index is 0.0858. The number of nitrogens with one attached hydrogen (secondary N) is 1. The number of hydrogen-bond donors (Lipinski definition) is 1. The van der Waals surface area contributed by atoms with E-state index in [1.165, 1.54) is 11.0 Å². The summed E-state index contributed by atoms with van der Waals surface area (Å²) in [7, 11) is -0.722. The van der Waals surface area contributed by atoms with E-state index in [9.17, 15) is 23.2 Å². The highest BCUT2D eigenvalue weighted by Crippen LogP contribution is 2.38. The lowest BCUT2D eigenvalue weighted by Crippen LogP contribution is -2.41. The summed E-state index contributed by atoms with van der Waals surface area (Å²) in [4.78, 5) is 14.4. The van der Waals surface area contributed by atoms with Crippen molar-refractivity contribution < 1.29 is 27.3 Å². The zero-order valence-electron chi connectivity index (χ0n) is 21.6.